The minimum Gasteiger partial charge on any atom is -0.481 e. The summed E-state index contributed by atoms with van der Waals surface area (Å²) in [4.78, 5) is 11.2. The molecule has 0 radical (unpaired) electrons. The van der Waals surface area contributed by atoms with E-state index in [-0.39, 0.29) is 6.42 Å². The Balaban J connectivity index is 2.43. The number of thioether (sulfide) groups is 1. The van der Waals surface area contributed by atoms with Gasteiger partial charge in [-0.15, -0.1) is 11.8 Å². The molecule has 1 aromatic carbocycles. The number of carboxylic acid groups (broad SMARTS) is 1. The lowest BCUT2D eigenvalue weighted by molar-refractivity contribution is -0.137. The van der Waals surface area contributed by atoms with Crippen molar-refractivity contribution in [3.8, 4) is 0 Å². The zero-order valence-electron chi connectivity index (χ0n) is 7.87. The minimum absolute atomic E-state index is 0.186. The Bertz CT molecular complexity index is 355. The van der Waals surface area contributed by atoms with Crippen molar-refractivity contribution in [2.45, 2.75) is 17.7 Å². The molecule has 0 atom stereocenters. The second-order valence-corrected chi connectivity index (χ2v) is 4.90. The molecule has 1 rings (SSSR count). The SMILES string of the molecule is O=C(O)CCCSc1cc(Cl)ccc1Cl. The van der Waals surface area contributed by atoms with Crippen molar-refractivity contribution in [3.63, 3.8) is 0 Å². The van der Waals surface area contributed by atoms with E-state index in [9.17, 15) is 4.79 Å². The standard InChI is InChI=1S/C10H10Cl2O2S/c11-7-3-4-8(12)9(6-7)15-5-1-2-10(13)14/h3-4,6H,1-2,5H2,(H,13,14). The smallest absolute Gasteiger partial charge is 0.303 e. The van der Waals surface area contributed by atoms with Gasteiger partial charge in [0.05, 0.1) is 5.02 Å². The molecular formula is C10H10Cl2O2S. The summed E-state index contributed by atoms with van der Waals surface area (Å²) in [7, 11) is 0. The van der Waals surface area contributed by atoms with Gasteiger partial charge in [0.25, 0.3) is 0 Å². The number of carbonyl (C=O) groups is 1. The zero-order chi connectivity index (χ0) is 11.3. The monoisotopic (exact) mass is 264 g/mol. The van der Waals surface area contributed by atoms with Gasteiger partial charge in [-0.2, -0.15) is 0 Å². The van der Waals surface area contributed by atoms with E-state index in [0.29, 0.717) is 16.5 Å². The lowest BCUT2D eigenvalue weighted by Gasteiger charge is -2.03. The first kappa shape index (κ1) is 12.7. The van der Waals surface area contributed by atoms with Gasteiger partial charge in [-0.25, -0.2) is 0 Å². The molecule has 0 unspecified atom stereocenters. The molecule has 0 aliphatic rings. The highest BCUT2D eigenvalue weighted by molar-refractivity contribution is 7.99. The maximum atomic E-state index is 10.3. The maximum Gasteiger partial charge on any atom is 0.303 e. The van der Waals surface area contributed by atoms with E-state index >= 15 is 0 Å². The Morgan fingerprint density at radius 3 is 2.80 bits per heavy atom. The summed E-state index contributed by atoms with van der Waals surface area (Å²) in [5.41, 5.74) is 0. The van der Waals surface area contributed by atoms with Crippen LogP contribution in [0.4, 0.5) is 0 Å². The van der Waals surface area contributed by atoms with Crippen molar-refractivity contribution >= 4 is 40.9 Å². The lowest BCUT2D eigenvalue weighted by atomic mass is 10.3. The van der Waals surface area contributed by atoms with E-state index in [0.717, 1.165) is 10.6 Å². The highest BCUT2D eigenvalue weighted by atomic mass is 35.5. The Morgan fingerprint density at radius 1 is 1.40 bits per heavy atom. The van der Waals surface area contributed by atoms with Crippen molar-refractivity contribution < 1.29 is 9.90 Å². The topological polar surface area (TPSA) is 37.3 Å². The summed E-state index contributed by atoms with van der Waals surface area (Å²) in [5.74, 6) is -0.0420. The fourth-order valence-corrected chi connectivity index (χ4v) is 2.44. The second-order valence-electron chi connectivity index (χ2n) is 2.92. The van der Waals surface area contributed by atoms with Crippen molar-refractivity contribution in [1.82, 2.24) is 0 Å². The molecule has 15 heavy (non-hydrogen) atoms. The third-order valence-electron chi connectivity index (χ3n) is 1.69. The zero-order valence-corrected chi connectivity index (χ0v) is 10.2. The summed E-state index contributed by atoms with van der Waals surface area (Å²) in [5, 5.41) is 9.74. The molecule has 0 bridgehead atoms. The van der Waals surface area contributed by atoms with Gasteiger partial charge in [-0.1, -0.05) is 23.2 Å². The molecule has 0 aromatic heterocycles. The average Bonchev–Trinajstić information content (AvgIpc) is 2.17. The Labute approximate surface area is 103 Å². The van der Waals surface area contributed by atoms with Gasteiger partial charge < -0.3 is 5.11 Å². The first-order valence-corrected chi connectivity index (χ1v) is 6.13. The molecule has 0 heterocycles. The fourth-order valence-electron chi connectivity index (χ4n) is 0.993. The van der Waals surface area contributed by atoms with Gasteiger partial charge in [0, 0.05) is 16.3 Å². The fraction of sp³-hybridized carbons (Fsp3) is 0.300. The average molecular weight is 265 g/mol. The Hall–Kier alpha value is -0.380. The number of aliphatic carboxylic acids is 1. The largest absolute Gasteiger partial charge is 0.481 e. The molecule has 0 spiro atoms. The summed E-state index contributed by atoms with van der Waals surface area (Å²) < 4.78 is 0. The van der Waals surface area contributed by atoms with Gasteiger partial charge in [-0.05, 0) is 30.4 Å². The summed E-state index contributed by atoms with van der Waals surface area (Å²) in [6.07, 6.45) is 0.814. The molecule has 2 nitrogen and oxygen atoms in total. The van der Waals surface area contributed by atoms with Crippen LogP contribution >= 0.6 is 35.0 Å². The molecule has 5 heteroatoms. The van der Waals surface area contributed by atoms with Crippen LogP contribution in [-0.4, -0.2) is 16.8 Å². The molecule has 0 saturated carbocycles. The summed E-state index contributed by atoms with van der Waals surface area (Å²) in [6.45, 7) is 0. The number of hydrogen-bond acceptors (Lipinski definition) is 2. The van der Waals surface area contributed by atoms with Crippen molar-refractivity contribution in [3.05, 3.63) is 28.2 Å². The van der Waals surface area contributed by atoms with Crippen LogP contribution < -0.4 is 0 Å². The quantitative estimate of drug-likeness (QED) is 0.647. The highest BCUT2D eigenvalue weighted by Gasteiger charge is 2.03. The van der Waals surface area contributed by atoms with Crippen molar-refractivity contribution in [1.29, 1.82) is 0 Å². The molecule has 0 amide bonds. The first-order chi connectivity index (χ1) is 7.09. The number of carboxylic acids is 1. The van der Waals surface area contributed by atoms with Gasteiger partial charge in [0.1, 0.15) is 0 Å². The first-order valence-electron chi connectivity index (χ1n) is 4.39. The van der Waals surface area contributed by atoms with E-state index < -0.39 is 5.97 Å². The molecule has 0 aliphatic carbocycles. The normalized spacial score (nSPS) is 10.3. The molecule has 0 fully saturated rings. The number of benzene rings is 1. The van der Waals surface area contributed by atoms with Crippen LogP contribution in [0.15, 0.2) is 23.1 Å². The van der Waals surface area contributed by atoms with Crippen LogP contribution in [0.3, 0.4) is 0 Å². The predicted molar refractivity (Wildman–Crippen MR) is 64.1 cm³/mol. The molecular weight excluding hydrogens is 255 g/mol. The highest BCUT2D eigenvalue weighted by Crippen LogP contribution is 2.30. The minimum atomic E-state index is -0.771. The Kier molecular flexibility index (Phi) is 5.29. The second kappa shape index (κ2) is 6.26. The summed E-state index contributed by atoms with van der Waals surface area (Å²) in [6, 6.07) is 5.25. The predicted octanol–water partition coefficient (Wildman–Crippen LogP) is 3.95. The number of hydrogen-bond donors (Lipinski definition) is 1. The van der Waals surface area contributed by atoms with Gasteiger partial charge >= 0.3 is 5.97 Å². The number of rotatable bonds is 5. The van der Waals surface area contributed by atoms with E-state index in [1.807, 2.05) is 0 Å². The van der Waals surface area contributed by atoms with E-state index in [4.69, 9.17) is 28.3 Å². The molecule has 82 valence electrons. The van der Waals surface area contributed by atoms with Crippen molar-refractivity contribution in [2.24, 2.45) is 0 Å². The van der Waals surface area contributed by atoms with Crippen LogP contribution in [0.5, 0.6) is 0 Å². The van der Waals surface area contributed by atoms with Crippen molar-refractivity contribution in [2.75, 3.05) is 5.75 Å². The van der Waals surface area contributed by atoms with Crippen LogP contribution in [0.2, 0.25) is 10.0 Å². The van der Waals surface area contributed by atoms with Gasteiger partial charge in [0.2, 0.25) is 0 Å². The lowest BCUT2D eigenvalue weighted by Crippen LogP contribution is -1.94. The van der Waals surface area contributed by atoms with Crippen LogP contribution in [-0.2, 0) is 4.79 Å². The van der Waals surface area contributed by atoms with E-state index in [2.05, 4.69) is 0 Å². The molecule has 0 saturated heterocycles. The Morgan fingerprint density at radius 2 is 2.13 bits per heavy atom. The molecule has 1 aromatic rings. The summed E-state index contributed by atoms with van der Waals surface area (Å²) >= 11 is 13.3. The van der Waals surface area contributed by atoms with Gasteiger partial charge in [-0.3, -0.25) is 4.79 Å². The number of halogens is 2. The van der Waals surface area contributed by atoms with Crippen LogP contribution in [0.25, 0.3) is 0 Å². The molecule has 0 aliphatic heterocycles. The third kappa shape index (κ3) is 4.78. The van der Waals surface area contributed by atoms with Gasteiger partial charge in [0.15, 0.2) is 0 Å². The van der Waals surface area contributed by atoms with Crippen LogP contribution in [0, 0.1) is 0 Å². The van der Waals surface area contributed by atoms with Crippen LogP contribution in [0.1, 0.15) is 12.8 Å². The molecule has 1 N–H and O–H groups in total. The van der Waals surface area contributed by atoms with E-state index in [1.54, 1.807) is 18.2 Å². The maximum absolute atomic E-state index is 10.3. The third-order valence-corrected chi connectivity index (χ3v) is 3.50. The van der Waals surface area contributed by atoms with E-state index in [1.165, 1.54) is 11.8 Å².